The lowest BCUT2D eigenvalue weighted by molar-refractivity contribution is 0.0717. The van der Waals surface area contributed by atoms with E-state index in [-0.39, 0.29) is 47.8 Å². The Morgan fingerprint density at radius 3 is 1.64 bits per heavy atom. The number of benzene rings is 3. The minimum atomic E-state index is -0.509. The second kappa shape index (κ2) is 26.4. The molecule has 1 saturated carbocycles. The Balaban J connectivity index is 0.692. The van der Waals surface area contributed by atoms with Gasteiger partial charge in [0.15, 0.2) is 16.9 Å². The largest absolute Gasteiger partial charge is 0.393 e. The number of anilines is 6. The number of fused-ring (bicyclic) bond motifs is 3. The summed E-state index contributed by atoms with van der Waals surface area (Å²) < 4.78 is 5.76. The highest BCUT2D eigenvalue weighted by molar-refractivity contribution is 5.64. The van der Waals surface area contributed by atoms with Crippen molar-refractivity contribution in [2.24, 2.45) is 17.8 Å². The monoisotopic (exact) mass is 1160 g/mol. The van der Waals surface area contributed by atoms with Crippen molar-refractivity contribution in [1.82, 2.24) is 54.4 Å². The molecular weight excluding hydrogens is 1070 g/mol. The smallest absolute Gasteiger partial charge is 0.163 e. The van der Waals surface area contributed by atoms with Gasteiger partial charge in [-0.2, -0.15) is 28.8 Å². The van der Waals surface area contributed by atoms with E-state index in [1.165, 1.54) is 22.3 Å². The molecule has 0 bridgehead atoms. The molecule has 7 atom stereocenters. The van der Waals surface area contributed by atoms with Gasteiger partial charge >= 0.3 is 0 Å². The molecule has 0 radical (unpaired) electrons. The second-order valence-electron chi connectivity index (χ2n) is 25.2. The summed E-state index contributed by atoms with van der Waals surface area (Å²) in [5, 5.41) is 66.1. The van der Waals surface area contributed by atoms with Gasteiger partial charge in [-0.3, -0.25) is 0 Å². The molecule has 0 spiro atoms. The van der Waals surface area contributed by atoms with Gasteiger partial charge in [-0.15, -0.1) is 0 Å². The summed E-state index contributed by atoms with van der Waals surface area (Å²) in [5.41, 5.74) is 11.9. The molecule has 3 fully saturated rings. The topological polar surface area (TPSA) is 227 Å². The predicted molar refractivity (Wildman–Crippen MR) is 344 cm³/mol. The predicted octanol–water partition coefficient (Wildman–Crippen LogP) is 11.3. The van der Waals surface area contributed by atoms with Crippen LogP contribution < -0.4 is 42.5 Å². The van der Waals surface area contributed by atoms with Gasteiger partial charge in [0.1, 0.15) is 34.9 Å². The van der Waals surface area contributed by atoms with Crippen LogP contribution >= 0.6 is 0 Å². The molecule has 86 heavy (non-hydrogen) atoms. The molecule has 3 aliphatic rings. The third-order valence-corrected chi connectivity index (χ3v) is 18.1. The molecule has 8 heterocycles. The van der Waals surface area contributed by atoms with E-state index in [0.717, 1.165) is 132 Å². The number of aliphatic hydroxyl groups excluding tert-OH is 2. The molecule has 12 rings (SSSR count). The van der Waals surface area contributed by atoms with E-state index in [2.05, 4.69) is 169 Å². The molecule has 9 aromatic rings. The average molecular weight is 1160 g/mol. The minimum absolute atomic E-state index is 0.00620. The van der Waals surface area contributed by atoms with Crippen LogP contribution in [-0.4, -0.2) is 98.9 Å². The van der Waals surface area contributed by atoms with Crippen LogP contribution in [0.25, 0.3) is 16.9 Å². The van der Waals surface area contributed by atoms with E-state index in [9.17, 15) is 10.2 Å². The lowest BCUT2D eigenvalue weighted by Crippen LogP contribution is -2.45. The molecule has 1 aliphatic carbocycles. The fourth-order valence-corrected chi connectivity index (χ4v) is 12.9. The number of aromatic nitrogens is 9. The Morgan fingerprint density at radius 1 is 0.500 bits per heavy atom. The normalized spacial score (nSPS) is 21.0. The van der Waals surface area contributed by atoms with E-state index in [1.54, 1.807) is 0 Å². The average Bonchev–Trinajstić information content (AvgIpc) is 4.48. The molecule has 452 valence electrons. The Labute approximate surface area is 505 Å². The summed E-state index contributed by atoms with van der Waals surface area (Å²) in [6.07, 6.45) is 12.0. The van der Waals surface area contributed by atoms with Gasteiger partial charge in [0.2, 0.25) is 0 Å². The van der Waals surface area contributed by atoms with Crippen LogP contribution in [0.15, 0.2) is 116 Å². The maximum atomic E-state index is 11.4. The van der Waals surface area contributed by atoms with Crippen LogP contribution in [0.5, 0.6) is 0 Å². The lowest BCUT2D eigenvalue weighted by atomic mass is 9.86. The zero-order chi connectivity index (χ0) is 59.3. The van der Waals surface area contributed by atoms with Crippen LogP contribution in [0, 0.1) is 17.8 Å². The molecule has 0 amide bonds. The van der Waals surface area contributed by atoms with E-state index in [1.807, 2.05) is 44.3 Å². The van der Waals surface area contributed by atoms with Crippen molar-refractivity contribution in [2.75, 3.05) is 64.6 Å². The van der Waals surface area contributed by atoms with Gasteiger partial charge in [-0.1, -0.05) is 133 Å². The van der Waals surface area contributed by atoms with Crippen molar-refractivity contribution < 1.29 is 10.2 Å². The maximum absolute atomic E-state index is 11.4. The van der Waals surface area contributed by atoms with Gasteiger partial charge in [0.05, 0.1) is 30.8 Å². The van der Waals surface area contributed by atoms with Crippen molar-refractivity contribution in [3.05, 3.63) is 160 Å². The Kier molecular flexibility index (Phi) is 18.0. The number of rotatable bonds is 23. The molecule has 6 aromatic heterocycles. The van der Waals surface area contributed by atoms with Crippen molar-refractivity contribution in [3.63, 3.8) is 0 Å². The minimum Gasteiger partial charge on any atom is -0.393 e. The molecule has 19 nitrogen and oxygen atoms in total. The van der Waals surface area contributed by atoms with Gasteiger partial charge in [0.25, 0.3) is 0 Å². The first kappa shape index (κ1) is 58.5. The third-order valence-electron chi connectivity index (χ3n) is 18.1. The highest BCUT2D eigenvalue weighted by Crippen LogP contribution is 2.35. The Bertz CT molecular complexity index is 3720. The first-order chi connectivity index (χ1) is 41.9. The molecule has 3 aromatic carbocycles. The fourth-order valence-electron chi connectivity index (χ4n) is 12.9. The lowest BCUT2D eigenvalue weighted by Gasteiger charge is -2.35. The zero-order valence-electron chi connectivity index (χ0n) is 50.8. The standard InChI is InChI=1S/C67H87N17O2/c1-41(2)52-37-77-83-63(74-33-45-17-14-20-47(25-45)55-27-50(58(86)40-69-55)36-72-61-29-62(73-31-44-15-8-7-9-16-44)82-66(81-61)53(38-76-82)42(3)4)28-59(79-65(52)83)70-32-46-23-24-68-56(26-46)51-21-12-10-18-48(51)34-75-64-30-60(71-35-49-19-11-13-22-57(49)85)80-67-54(43(5)6)39-78-84(64)67/h7-10,12,14-18,20-21,25,28-30,37-39,41-43,46,49-50,55-58,68-69,73-75,85-86H,11,13,19,22-24,26-27,31-36,40H2,1-6H3,(H,70,79)(H,71,80)(H,72,81). The molecule has 2 aliphatic heterocycles. The highest BCUT2D eigenvalue weighted by Gasteiger charge is 2.31. The summed E-state index contributed by atoms with van der Waals surface area (Å²) in [7, 11) is 0. The summed E-state index contributed by atoms with van der Waals surface area (Å²) in [4.78, 5) is 15.3. The number of hydrogen-bond donors (Lipinski definition) is 10. The van der Waals surface area contributed by atoms with Crippen LogP contribution in [0.1, 0.15) is 161 Å². The summed E-state index contributed by atoms with van der Waals surface area (Å²) >= 11 is 0. The maximum Gasteiger partial charge on any atom is 0.163 e. The summed E-state index contributed by atoms with van der Waals surface area (Å²) in [6, 6.07) is 34.3. The third kappa shape index (κ3) is 13.3. The van der Waals surface area contributed by atoms with Gasteiger partial charge in [-0.05, 0) is 90.1 Å². The Hall–Kier alpha value is -7.84. The molecule has 19 heteroatoms. The molecule has 2 saturated heterocycles. The number of aliphatic hydroxyl groups is 2. The quantitative estimate of drug-likeness (QED) is 0.0287. The van der Waals surface area contributed by atoms with Crippen molar-refractivity contribution in [2.45, 2.75) is 148 Å². The van der Waals surface area contributed by atoms with Gasteiger partial charge in [-0.25, -0.2) is 15.0 Å². The molecule has 7 unspecified atom stereocenters. The van der Waals surface area contributed by atoms with Crippen LogP contribution in [0.4, 0.5) is 34.9 Å². The second-order valence-corrected chi connectivity index (χ2v) is 25.2. The Morgan fingerprint density at radius 2 is 1.03 bits per heavy atom. The van der Waals surface area contributed by atoms with Gasteiger partial charge in [0, 0.05) is 105 Å². The molecular formula is C67H87N17O2. The van der Waals surface area contributed by atoms with Crippen LogP contribution in [-0.2, 0) is 19.6 Å². The van der Waals surface area contributed by atoms with E-state index in [4.69, 9.17) is 30.2 Å². The first-order valence-corrected chi connectivity index (χ1v) is 31.5. The van der Waals surface area contributed by atoms with Crippen molar-refractivity contribution >= 4 is 51.8 Å². The summed E-state index contributed by atoms with van der Waals surface area (Å²) in [5.74, 6) is 6.39. The van der Waals surface area contributed by atoms with Crippen molar-refractivity contribution in [1.29, 1.82) is 0 Å². The summed E-state index contributed by atoms with van der Waals surface area (Å²) in [6.45, 7) is 18.4. The molecule has 10 N–H and O–H groups in total. The number of hydrogen-bond acceptors (Lipinski definition) is 16. The number of nitrogens with zero attached hydrogens (tertiary/aromatic N) is 9. The van der Waals surface area contributed by atoms with Crippen molar-refractivity contribution in [3.8, 4) is 0 Å². The van der Waals surface area contributed by atoms with E-state index < -0.39 is 6.10 Å². The zero-order valence-corrected chi connectivity index (χ0v) is 50.8. The highest BCUT2D eigenvalue weighted by atomic mass is 16.3. The number of β-amino-alcohol motifs (C(OH)–C–C–N with tert-alkyl or cyclic N) is 1. The number of piperidine rings is 2. The van der Waals surface area contributed by atoms with Crippen LogP contribution in [0.3, 0.4) is 0 Å². The SMILES string of the molecule is CC(C)c1cnn2c(NCc3cccc(C4CC(CNc5cc(NCc6ccccc6)n6ncc(C(C)C)c6n5)C(O)CN4)c3)cc(NCC3CCNC(c4ccccc4CNc4cc(NCC5CCCCC5O)nc5c(C(C)C)cnn45)C3)nc12. The van der Waals surface area contributed by atoms with Gasteiger partial charge < -0.3 is 52.7 Å². The van der Waals surface area contributed by atoms with E-state index in [0.29, 0.717) is 45.2 Å². The first-order valence-electron chi connectivity index (χ1n) is 31.5. The van der Waals surface area contributed by atoms with Crippen LogP contribution in [0.2, 0.25) is 0 Å². The number of nitrogens with one attached hydrogen (secondary N) is 8. The van der Waals surface area contributed by atoms with E-state index >= 15 is 0 Å². The fraction of sp³-hybridized carbons (Fsp3) is 0.463.